The van der Waals surface area contributed by atoms with Crippen molar-refractivity contribution in [1.82, 2.24) is 20.8 Å². The molecule has 6 heteroatoms. The third-order valence-corrected chi connectivity index (χ3v) is 4.17. The molecule has 0 bridgehead atoms. The Morgan fingerprint density at radius 3 is 2.11 bits per heavy atom. The minimum Gasteiger partial charge on any atom is -0.339 e. The van der Waals surface area contributed by atoms with Crippen LogP contribution in [0.25, 0.3) is 0 Å². The lowest BCUT2D eigenvalue weighted by Crippen LogP contribution is -2.39. The van der Waals surface area contributed by atoms with E-state index in [4.69, 9.17) is 4.52 Å². The van der Waals surface area contributed by atoms with E-state index < -0.39 is 0 Å². The largest absolute Gasteiger partial charge is 0.339 e. The fraction of sp³-hybridized carbons (Fsp3) is 0.286. The van der Waals surface area contributed by atoms with E-state index in [0.717, 1.165) is 11.1 Å². The summed E-state index contributed by atoms with van der Waals surface area (Å²) in [6, 6.07) is 19.3. The summed E-state index contributed by atoms with van der Waals surface area (Å²) in [5.74, 6) is 1.43. The number of aromatic nitrogens is 2. The van der Waals surface area contributed by atoms with Gasteiger partial charge in [-0.15, -0.1) is 0 Å². The van der Waals surface area contributed by atoms with Crippen LogP contribution in [0, 0.1) is 0 Å². The molecule has 0 radical (unpaired) electrons. The van der Waals surface area contributed by atoms with Crippen LogP contribution < -0.4 is 10.6 Å². The SMILES string of the molecule is CC(C)c1noc(CCNC(=O)NC(c2ccccc2)c2ccccc2)n1. The minimum atomic E-state index is -0.240. The quantitative estimate of drug-likeness (QED) is 0.668. The van der Waals surface area contributed by atoms with Crippen LogP contribution in [0.2, 0.25) is 0 Å². The first-order chi connectivity index (χ1) is 13.1. The number of nitrogens with zero attached hydrogens (tertiary/aromatic N) is 2. The Labute approximate surface area is 159 Å². The monoisotopic (exact) mass is 364 g/mol. The van der Waals surface area contributed by atoms with E-state index in [0.29, 0.717) is 24.7 Å². The fourth-order valence-electron chi connectivity index (χ4n) is 2.72. The summed E-state index contributed by atoms with van der Waals surface area (Å²) >= 11 is 0. The molecule has 1 heterocycles. The first kappa shape index (κ1) is 18.6. The van der Waals surface area contributed by atoms with Crippen molar-refractivity contribution in [3.63, 3.8) is 0 Å². The van der Waals surface area contributed by atoms with Crippen LogP contribution in [0.5, 0.6) is 0 Å². The molecule has 1 aromatic heterocycles. The highest BCUT2D eigenvalue weighted by Gasteiger charge is 2.16. The van der Waals surface area contributed by atoms with Crippen molar-refractivity contribution >= 4 is 6.03 Å². The molecule has 0 atom stereocenters. The molecule has 0 fully saturated rings. The van der Waals surface area contributed by atoms with Gasteiger partial charge in [0.2, 0.25) is 5.89 Å². The number of hydrogen-bond donors (Lipinski definition) is 2. The van der Waals surface area contributed by atoms with Gasteiger partial charge in [0.1, 0.15) is 0 Å². The molecule has 0 aliphatic rings. The molecule has 2 N–H and O–H groups in total. The molecule has 2 aromatic carbocycles. The molecule has 0 unspecified atom stereocenters. The van der Waals surface area contributed by atoms with Crippen molar-refractivity contribution < 1.29 is 9.32 Å². The zero-order valence-electron chi connectivity index (χ0n) is 15.6. The maximum Gasteiger partial charge on any atom is 0.315 e. The summed E-state index contributed by atoms with van der Waals surface area (Å²) in [4.78, 5) is 16.7. The van der Waals surface area contributed by atoms with Crippen molar-refractivity contribution in [3.8, 4) is 0 Å². The first-order valence-electron chi connectivity index (χ1n) is 9.10. The first-order valence-corrected chi connectivity index (χ1v) is 9.10. The third kappa shape index (κ3) is 5.17. The number of hydrogen-bond acceptors (Lipinski definition) is 4. The molecule has 2 amide bonds. The number of benzene rings is 2. The fourth-order valence-corrected chi connectivity index (χ4v) is 2.72. The number of urea groups is 1. The van der Waals surface area contributed by atoms with Crippen LogP contribution in [0.4, 0.5) is 4.79 Å². The maximum atomic E-state index is 12.4. The van der Waals surface area contributed by atoms with E-state index in [1.807, 2.05) is 74.5 Å². The van der Waals surface area contributed by atoms with Crippen LogP contribution in [-0.4, -0.2) is 22.7 Å². The van der Waals surface area contributed by atoms with Gasteiger partial charge in [0.05, 0.1) is 6.04 Å². The summed E-state index contributed by atoms with van der Waals surface area (Å²) in [5, 5.41) is 9.83. The van der Waals surface area contributed by atoms with Gasteiger partial charge in [-0.25, -0.2) is 4.79 Å². The molecule has 3 rings (SSSR count). The van der Waals surface area contributed by atoms with Crippen molar-refractivity contribution in [2.24, 2.45) is 0 Å². The van der Waals surface area contributed by atoms with E-state index in [-0.39, 0.29) is 18.0 Å². The van der Waals surface area contributed by atoms with Gasteiger partial charge < -0.3 is 15.2 Å². The number of amides is 2. The van der Waals surface area contributed by atoms with E-state index in [2.05, 4.69) is 20.8 Å². The van der Waals surface area contributed by atoms with Crippen molar-refractivity contribution in [2.45, 2.75) is 32.2 Å². The summed E-state index contributed by atoms with van der Waals surface area (Å²) in [6.45, 7) is 4.43. The molecule has 27 heavy (non-hydrogen) atoms. The molecule has 0 spiro atoms. The molecule has 140 valence electrons. The number of rotatable bonds is 7. The smallest absolute Gasteiger partial charge is 0.315 e. The van der Waals surface area contributed by atoms with Crippen LogP contribution in [0.3, 0.4) is 0 Å². The van der Waals surface area contributed by atoms with Gasteiger partial charge in [0.15, 0.2) is 5.82 Å². The Balaban J connectivity index is 1.59. The summed E-state index contributed by atoms with van der Waals surface area (Å²) < 4.78 is 5.19. The Morgan fingerprint density at radius 1 is 1.00 bits per heavy atom. The Morgan fingerprint density at radius 2 is 1.59 bits per heavy atom. The molecular weight excluding hydrogens is 340 g/mol. The normalized spacial score (nSPS) is 11.0. The van der Waals surface area contributed by atoms with Crippen LogP contribution in [0.15, 0.2) is 65.2 Å². The lowest BCUT2D eigenvalue weighted by Gasteiger charge is -2.20. The predicted octanol–water partition coefficient (Wildman–Crippen LogP) is 3.82. The van der Waals surface area contributed by atoms with Gasteiger partial charge in [0, 0.05) is 18.9 Å². The topological polar surface area (TPSA) is 80.0 Å². The molecule has 6 nitrogen and oxygen atoms in total. The van der Waals surface area contributed by atoms with Crippen LogP contribution in [0.1, 0.15) is 48.6 Å². The average molecular weight is 364 g/mol. The van der Waals surface area contributed by atoms with Gasteiger partial charge >= 0.3 is 6.03 Å². The molecule has 3 aromatic rings. The van der Waals surface area contributed by atoms with Gasteiger partial charge in [-0.05, 0) is 11.1 Å². The van der Waals surface area contributed by atoms with Crippen molar-refractivity contribution in [3.05, 3.63) is 83.5 Å². The van der Waals surface area contributed by atoms with E-state index in [9.17, 15) is 4.79 Å². The molecule has 0 aliphatic carbocycles. The molecular formula is C21H24N4O2. The standard InChI is InChI=1S/C21H24N4O2/c1-15(2)20-23-18(27-25-20)13-14-22-21(26)24-19(16-9-5-3-6-10-16)17-11-7-4-8-12-17/h3-12,15,19H,13-14H2,1-2H3,(H2,22,24,26). The zero-order valence-corrected chi connectivity index (χ0v) is 15.6. The van der Waals surface area contributed by atoms with Gasteiger partial charge in [0.25, 0.3) is 0 Å². The molecule has 0 saturated heterocycles. The highest BCUT2D eigenvalue weighted by molar-refractivity contribution is 5.75. The Kier molecular flexibility index (Phi) is 6.20. The second-order valence-electron chi connectivity index (χ2n) is 6.61. The highest BCUT2D eigenvalue weighted by Crippen LogP contribution is 2.21. The van der Waals surface area contributed by atoms with Crippen LogP contribution >= 0.6 is 0 Å². The number of nitrogens with one attached hydrogen (secondary N) is 2. The summed E-state index contributed by atoms with van der Waals surface area (Å²) in [5.41, 5.74) is 2.05. The second-order valence-corrected chi connectivity index (χ2v) is 6.61. The van der Waals surface area contributed by atoms with Gasteiger partial charge in [-0.3, -0.25) is 0 Å². The second kappa shape index (κ2) is 8.98. The van der Waals surface area contributed by atoms with Crippen molar-refractivity contribution in [2.75, 3.05) is 6.54 Å². The minimum absolute atomic E-state index is 0.219. The number of carbonyl (C=O) groups is 1. The zero-order chi connectivity index (χ0) is 19.1. The van der Waals surface area contributed by atoms with Crippen molar-refractivity contribution in [1.29, 1.82) is 0 Å². The average Bonchev–Trinajstić information content (AvgIpc) is 3.17. The lowest BCUT2D eigenvalue weighted by atomic mass is 9.99. The maximum absolute atomic E-state index is 12.4. The van der Waals surface area contributed by atoms with E-state index in [1.54, 1.807) is 0 Å². The van der Waals surface area contributed by atoms with Gasteiger partial charge in [-0.2, -0.15) is 4.98 Å². The van der Waals surface area contributed by atoms with Gasteiger partial charge in [-0.1, -0.05) is 79.7 Å². The predicted molar refractivity (Wildman–Crippen MR) is 103 cm³/mol. The highest BCUT2D eigenvalue weighted by atomic mass is 16.5. The van der Waals surface area contributed by atoms with E-state index in [1.165, 1.54) is 0 Å². The number of carbonyl (C=O) groups excluding carboxylic acids is 1. The molecule has 0 aliphatic heterocycles. The summed E-state index contributed by atoms with van der Waals surface area (Å²) in [6.07, 6.45) is 0.495. The Bertz CT molecular complexity index is 807. The Hall–Kier alpha value is -3.15. The molecule has 0 saturated carbocycles. The third-order valence-electron chi connectivity index (χ3n) is 4.17. The summed E-state index contributed by atoms with van der Waals surface area (Å²) in [7, 11) is 0. The van der Waals surface area contributed by atoms with E-state index >= 15 is 0 Å². The lowest BCUT2D eigenvalue weighted by molar-refractivity contribution is 0.238. The van der Waals surface area contributed by atoms with Crippen LogP contribution in [-0.2, 0) is 6.42 Å².